The Morgan fingerprint density at radius 1 is 1.04 bits per heavy atom. The summed E-state index contributed by atoms with van der Waals surface area (Å²) in [4.78, 5) is 8.78. The lowest BCUT2D eigenvalue weighted by atomic mass is 10.1. The van der Waals surface area contributed by atoms with Crippen LogP contribution in [0.3, 0.4) is 0 Å². The van der Waals surface area contributed by atoms with E-state index < -0.39 is 11.7 Å². The summed E-state index contributed by atoms with van der Waals surface area (Å²) in [6, 6.07) is 17.0. The van der Waals surface area contributed by atoms with Crippen molar-refractivity contribution in [2.45, 2.75) is 19.1 Å². The minimum atomic E-state index is -4.37. The van der Waals surface area contributed by atoms with Crippen molar-refractivity contribution in [3.63, 3.8) is 0 Å². The molecule has 0 unspecified atom stereocenters. The van der Waals surface area contributed by atoms with Gasteiger partial charge in [0, 0.05) is 19.2 Å². The molecule has 0 saturated carbocycles. The van der Waals surface area contributed by atoms with Gasteiger partial charge in [-0.2, -0.15) is 18.2 Å². The highest BCUT2D eigenvalue weighted by molar-refractivity contribution is 5.82. The average Bonchev–Trinajstić information content (AvgIpc) is 3.11. The predicted molar refractivity (Wildman–Crippen MR) is 104 cm³/mol. The van der Waals surface area contributed by atoms with Crippen molar-refractivity contribution in [1.29, 1.82) is 0 Å². The molecule has 2 aromatic heterocycles. The number of alkyl halides is 3. The van der Waals surface area contributed by atoms with Crippen molar-refractivity contribution in [3.05, 3.63) is 84.2 Å². The van der Waals surface area contributed by atoms with E-state index in [1.165, 1.54) is 6.07 Å². The van der Waals surface area contributed by atoms with Crippen LogP contribution in [0.15, 0.2) is 73.1 Å². The van der Waals surface area contributed by atoms with E-state index >= 15 is 0 Å². The van der Waals surface area contributed by atoms with Gasteiger partial charge in [0.15, 0.2) is 0 Å². The number of hydrogen-bond acceptors (Lipinski definition) is 3. The maximum atomic E-state index is 12.9. The van der Waals surface area contributed by atoms with Crippen molar-refractivity contribution in [3.8, 4) is 5.82 Å². The molecule has 1 N–H and O–H groups in total. The number of nitrogens with one attached hydrogen (secondary N) is 1. The fourth-order valence-corrected chi connectivity index (χ4v) is 3.09. The summed E-state index contributed by atoms with van der Waals surface area (Å²) in [7, 11) is 0. The molecule has 4 nitrogen and oxygen atoms in total. The molecule has 0 radical (unpaired) electrons. The highest BCUT2D eigenvalue weighted by atomic mass is 19.4. The second-order valence-corrected chi connectivity index (χ2v) is 6.47. The summed E-state index contributed by atoms with van der Waals surface area (Å²) in [6.45, 7) is 2.01. The minimum Gasteiger partial charge on any atom is -0.348 e. The van der Waals surface area contributed by atoms with Gasteiger partial charge < -0.3 is 9.88 Å². The SMILES string of the molecule is C[C@H](Nc1nccc(-n2ccc3cc(C(F)(F)F)ccc32)n1)c1ccccc1.[HH]. The summed E-state index contributed by atoms with van der Waals surface area (Å²) in [5.74, 6) is 1.02. The van der Waals surface area contributed by atoms with Gasteiger partial charge in [0.2, 0.25) is 5.95 Å². The van der Waals surface area contributed by atoms with Crippen LogP contribution in [0.2, 0.25) is 0 Å². The highest BCUT2D eigenvalue weighted by Gasteiger charge is 2.30. The number of hydrogen-bond donors (Lipinski definition) is 1. The first-order valence-electron chi connectivity index (χ1n) is 8.75. The number of rotatable bonds is 4. The van der Waals surface area contributed by atoms with Gasteiger partial charge in [-0.05, 0) is 42.8 Å². The van der Waals surface area contributed by atoms with Crippen molar-refractivity contribution >= 4 is 16.9 Å². The van der Waals surface area contributed by atoms with Crippen molar-refractivity contribution in [2.24, 2.45) is 0 Å². The first-order valence-corrected chi connectivity index (χ1v) is 8.75. The first kappa shape index (κ1) is 18.0. The molecule has 4 rings (SSSR count). The third kappa shape index (κ3) is 3.55. The van der Waals surface area contributed by atoms with E-state index in [9.17, 15) is 13.2 Å². The van der Waals surface area contributed by atoms with Crippen LogP contribution in [-0.4, -0.2) is 14.5 Å². The van der Waals surface area contributed by atoms with E-state index in [-0.39, 0.29) is 7.47 Å². The van der Waals surface area contributed by atoms with Crippen molar-refractivity contribution < 1.29 is 14.6 Å². The molecule has 0 aliphatic rings. The largest absolute Gasteiger partial charge is 0.416 e. The van der Waals surface area contributed by atoms with Crippen LogP contribution in [0.4, 0.5) is 19.1 Å². The lowest BCUT2D eigenvalue weighted by molar-refractivity contribution is -0.137. The maximum Gasteiger partial charge on any atom is 0.416 e. The molecule has 0 spiro atoms. The lowest BCUT2D eigenvalue weighted by Crippen LogP contribution is -2.10. The molecule has 0 fully saturated rings. The molecular weight excluding hydrogens is 365 g/mol. The third-order valence-electron chi connectivity index (χ3n) is 4.55. The maximum absolute atomic E-state index is 12.9. The second kappa shape index (κ2) is 6.99. The normalized spacial score (nSPS) is 12.9. The molecule has 4 aromatic rings. The van der Waals surface area contributed by atoms with Crippen LogP contribution in [-0.2, 0) is 6.18 Å². The zero-order chi connectivity index (χ0) is 19.7. The van der Waals surface area contributed by atoms with Gasteiger partial charge in [0.05, 0.1) is 17.1 Å². The Kier molecular flexibility index (Phi) is 4.50. The van der Waals surface area contributed by atoms with E-state index in [0.29, 0.717) is 22.7 Å². The number of benzene rings is 2. The van der Waals surface area contributed by atoms with Crippen LogP contribution in [0.1, 0.15) is 25.5 Å². The van der Waals surface area contributed by atoms with Gasteiger partial charge in [-0.25, -0.2) is 4.98 Å². The highest BCUT2D eigenvalue weighted by Crippen LogP contribution is 2.32. The predicted octanol–water partition coefficient (Wildman–Crippen LogP) is 5.86. The molecule has 144 valence electrons. The Labute approximate surface area is 161 Å². The van der Waals surface area contributed by atoms with E-state index in [4.69, 9.17) is 0 Å². The molecule has 7 heteroatoms. The Balaban J connectivity index is 0.00000240. The molecule has 0 bridgehead atoms. The van der Waals surface area contributed by atoms with Gasteiger partial charge in [0.1, 0.15) is 5.82 Å². The molecule has 0 aliphatic carbocycles. The molecule has 0 aliphatic heterocycles. The Hall–Kier alpha value is -3.35. The van der Waals surface area contributed by atoms with E-state index in [1.807, 2.05) is 37.3 Å². The van der Waals surface area contributed by atoms with E-state index in [2.05, 4.69) is 15.3 Å². The first-order chi connectivity index (χ1) is 13.4. The third-order valence-corrected chi connectivity index (χ3v) is 4.55. The zero-order valence-corrected chi connectivity index (χ0v) is 15.0. The Bertz CT molecular complexity index is 1110. The standard InChI is InChI=1S/C21H17F3N4.H2/c1-14(15-5-3-2-4-6-15)26-20-25-11-9-19(27-20)28-12-10-16-13-17(21(22,23)24)7-8-18(16)28;/h2-14H,1H3,(H,25,26,27);1H/t14-;/m0./s1. The summed E-state index contributed by atoms with van der Waals surface area (Å²) >= 11 is 0. The molecular formula is C21H19F3N4. The van der Waals surface area contributed by atoms with Crippen molar-refractivity contribution in [1.82, 2.24) is 14.5 Å². The van der Waals surface area contributed by atoms with Crippen LogP contribution >= 0.6 is 0 Å². The van der Waals surface area contributed by atoms with Gasteiger partial charge in [-0.15, -0.1) is 0 Å². The van der Waals surface area contributed by atoms with Crippen LogP contribution in [0.5, 0.6) is 0 Å². The van der Waals surface area contributed by atoms with Crippen LogP contribution < -0.4 is 5.32 Å². The summed E-state index contributed by atoms with van der Waals surface area (Å²) in [5, 5.41) is 3.75. The number of fused-ring (bicyclic) bond motifs is 1. The molecule has 28 heavy (non-hydrogen) atoms. The number of halogens is 3. The van der Waals surface area contributed by atoms with Gasteiger partial charge in [0.25, 0.3) is 0 Å². The molecule has 2 aromatic carbocycles. The fourth-order valence-electron chi connectivity index (χ4n) is 3.09. The summed E-state index contributed by atoms with van der Waals surface area (Å²) < 4.78 is 40.5. The van der Waals surface area contributed by atoms with Gasteiger partial charge in [-0.1, -0.05) is 30.3 Å². The smallest absolute Gasteiger partial charge is 0.348 e. The van der Waals surface area contributed by atoms with E-state index in [1.54, 1.807) is 29.1 Å². The molecule has 2 heterocycles. The van der Waals surface area contributed by atoms with Crippen LogP contribution in [0, 0.1) is 0 Å². The Morgan fingerprint density at radius 3 is 2.57 bits per heavy atom. The minimum absolute atomic E-state index is 0. The average molecular weight is 384 g/mol. The summed E-state index contributed by atoms with van der Waals surface area (Å²) in [6.07, 6.45) is -1.04. The molecule has 1 atom stereocenters. The summed E-state index contributed by atoms with van der Waals surface area (Å²) in [5.41, 5.74) is 1.08. The lowest BCUT2D eigenvalue weighted by Gasteiger charge is -2.15. The topological polar surface area (TPSA) is 42.7 Å². The number of aromatic nitrogens is 3. The second-order valence-electron chi connectivity index (χ2n) is 6.47. The molecule has 0 saturated heterocycles. The van der Waals surface area contributed by atoms with Crippen molar-refractivity contribution in [2.75, 3.05) is 5.32 Å². The Morgan fingerprint density at radius 2 is 1.82 bits per heavy atom. The van der Waals surface area contributed by atoms with Gasteiger partial charge in [-0.3, -0.25) is 0 Å². The fraction of sp³-hybridized carbons (Fsp3) is 0.143. The number of nitrogens with zero attached hydrogens (tertiary/aromatic N) is 3. The van der Waals surface area contributed by atoms with Gasteiger partial charge >= 0.3 is 6.18 Å². The monoisotopic (exact) mass is 384 g/mol. The van der Waals surface area contributed by atoms with E-state index in [0.717, 1.165) is 17.7 Å². The zero-order valence-electron chi connectivity index (χ0n) is 15.0. The molecule has 0 amide bonds. The quantitative estimate of drug-likeness (QED) is 0.479. The number of anilines is 1. The van der Waals surface area contributed by atoms with Crippen LogP contribution in [0.25, 0.3) is 16.7 Å².